The van der Waals surface area contributed by atoms with Gasteiger partial charge in [0.25, 0.3) is 11.5 Å². The van der Waals surface area contributed by atoms with Gasteiger partial charge in [0.1, 0.15) is 5.69 Å². The lowest BCUT2D eigenvalue weighted by molar-refractivity contribution is -0.137. The van der Waals surface area contributed by atoms with Crippen LogP contribution in [0.5, 0.6) is 0 Å². The molecule has 2 aromatic rings. The highest BCUT2D eigenvalue weighted by Gasteiger charge is 2.34. The maximum Gasteiger partial charge on any atom is 0.416 e. The lowest BCUT2D eigenvalue weighted by atomic mass is 10.2. The minimum Gasteiger partial charge on any atom is -0.348 e. The number of halogens is 3. The molecular formula is C18H21F3N4O2. The zero-order valence-electron chi connectivity index (χ0n) is 15.2. The van der Waals surface area contributed by atoms with E-state index in [1.165, 1.54) is 18.2 Å². The zero-order chi connectivity index (χ0) is 20.2. The van der Waals surface area contributed by atoms with Crippen LogP contribution in [0.4, 0.5) is 19.1 Å². The first-order valence-corrected chi connectivity index (χ1v) is 8.29. The third-order valence-electron chi connectivity index (χ3n) is 3.91. The fourth-order valence-corrected chi connectivity index (χ4v) is 2.17. The molecule has 1 amide bonds. The first-order chi connectivity index (χ1) is 12.6. The molecule has 0 radical (unpaired) electrons. The molecule has 1 aliphatic carbocycles. The summed E-state index contributed by atoms with van der Waals surface area (Å²) in [5.74, 6) is 0.620. The van der Waals surface area contributed by atoms with Gasteiger partial charge in [0.2, 0.25) is 5.95 Å². The second-order valence-corrected chi connectivity index (χ2v) is 6.51. The molecule has 0 bridgehead atoms. The number of alkyl halides is 3. The Balaban J connectivity index is 0.000000223. The van der Waals surface area contributed by atoms with Crippen molar-refractivity contribution in [3.63, 3.8) is 0 Å². The van der Waals surface area contributed by atoms with Crippen LogP contribution in [-0.2, 0) is 6.18 Å². The monoisotopic (exact) mass is 382 g/mol. The van der Waals surface area contributed by atoms with Crippen LogP contribution < -0.4 is 15.8 Å². The van der Waals surface area contributed by atoms with E-state index in [0.717, 1.165) is 18.6 Å². The van der Waals surface area contributed by atoms with E-state index in [4.69, 9.17) is 0 Å². The zero-order valence-corrected chi connectivity index (χ0v) is 15.2. The number of amides is 1. The highest BCUT2D eigenvalue weighted by molar-refractivity contribution is 5.92. The maximum absolute atomic E-state index is 11.8. The standard InChI is InChI=1S/C11H16N4O2.C7H5F3/c1-6-4-7(6)12-10(17)8-5-9(16)14-11(13-8)15(2)3;8-7(9,10)6-4-2-1-3-5-6/h5-7H,4H2,1-3H3,(H,12,17)(H,13,14,16);1-5H/t6-,7+;/m0./s1. The van der Waals surface area contributed by atoms with Gasteiger partial charge in [-0.25, -0.2) is 4.98 Å². The lowest BCUT2D eigenvalue weighted by Gasteiger charge is -2.11. The number of aromatic nitrogens is 2. The van der Waals surface area contributed by atoms with Crippen molar-refractivity contribution in [1.82, 2.24) is 15.3 Å². The van der Waals surface area contributed by atoms with Crippen LogP contribution in [0.25, 0.3) is 0 Å². The van der Waals surface area contributed by atoms with Crippen molar-refractivity contribution < 1.29 is 18.0 Å². The van der Waals surface area contributed by atoms with Crippen molar-refractivity contribution in [3.05, 3.63) is 58.0 Å². The van der Waals surface area contributed by atoms with Gasteiger partial charge in [0.15, 0.2) is 0 Å². The molecule has 0 aliphatic heterocycles. The van der Waals surface area contributed by atoms with Gasteiger partial charge in [0.05, 0.1) is 5.56 Å². The highest BCUT2D eigenvalue weighted by Crippen LogP contribution is 2.29. The third-order valence-corrected chi connectivity index (χ3v) is 3.91. The summed E-state index contributed by atoms with van der Waals surface area (Å²) < 4.78 is 35.4. The molecule has 2 N–H and O–H groups in total. The molecule has 1 saturated carbocycles. The summed E-state index contributed by atoms with van der Waals surface area (Å²) in [7, 11) is 3.51. The number of hydrogen-bond donors (Lipinski definition) is 2. The molecule has 146 valence electrons. The second-order valence-electron chi connectivity index (χ2n) is 6.51. The number of rotatable bonds is 3. The average Bonchev–Trinajstić information content (AvgIpc) is 3.29. The molecule has 27 heavy (non-hydrogen) atoms. The Morgan fingerprint density at radius 2 is 1.85 bits per heavy atom. The number of hydrogen-bond acceptors (Lipinski definition) is 4. The predicted molar refractivity (Wildman–Crippen MR) is 95.7 cm³/mol. The Kier molecular flexibility index (Phi) is 6.24. The molecule has 0 unspecified atom stereocenters. The van der Waals surface area contributed by atoms with Crippen LogP contribution in [0.2, 0.25) is 0 Å². The molecule has 2 atom stereocenters. The quantitative estimate of drug-likeness (QED) is 0.856. The molecule has 9 heteroatoms. The van der Waals surface area contributed by atoms with Gasteiger partial charge in [-0.2, -0.15) is 13.2 Å². The summed E-state index contributed by atoms with van der Waals surface area (Å²) >= 11 is 0. The van der Waals surface area contributed by atoms with E-state index in [9.17, 15) is 22.8 Å². The van der Waals surface area contributed by atoms with Crippen molar-refractivity contribution in [2.45, 2.75) is 25.6 Å². The topological polar surface area (TPSA) is 78.1 Å². The van der Waals surface area contributed by atoms with E-state index in [1.807, 2.05) is 0 Å². The smallest absolute Gasteiger partial charge is 0.348 e. The van der Waals surface area contributed by atoms with Crippen molar-refractivity contribution in [1.29, 1.82) is 0 Å². The fourth-order valence-electron chi connectivity index (χ4n) is 2.17. The number of nitrogens with one attached hydrogen (secondary N) is 2. The van der Waals surface area contributed by atoms with Gasteiger partial charge in [-0.3, -0.25) is 14.6 Å². The number of nitrogens with zero attached hydrogens (tertiary/aromatic N) is 2. The van der Waals surface area contributed by atoms with Crippen LogP contribution in [0.1, 0.15) is 29.4 Å². The minimum absolute atomic E-state index is 0.163. The number of carbonyl (C=O) groups excluding carboxylic acids is 1. The van der Waals surface area contributed by atoms with Crippen LogP contribution >= 0.6 is 0 Å². The number of benzene rings is 1. The van der Waals surface area contributed by atoms with Gasteiger partial charge in [0, 0.05) is 26.2 Å². The Bertz CT molecular complexity index is 834. The molecule has 6 nitrogen and oxygen atoms in total. The molecular weight excluding hydrogens is 361 g/mol. The van der Waals surface area contributed by atoms with Crippen LogP contribution in [0.15, 0.2) is 41.2 Å². The Morgan fingerprint density at radius 3 is 2.30 bits per heavy atom. The summed E-state index contributed by atoms with van der Waals surface area (Å²) in [4.78, 5) is 31.5. The Morgan fingerprint density at radius 1 is 1.26 bits per heavy atom. The van der Waals surface area contributed by atoms with Crippen molar-refractivity contribution in [2.75, 3.05) is 19.0 Å². The summed E-state index contributed by atoms with van der Waals surface area (Å²) in [6, 6.07) is 7.81. The molecule has 3 rings (SSSR count). The van der Waals surface area contributed by atoms with Crippen LogP contribution in [0.3, 0.4) is 0 Å². The number of carbonyl (C=O) groups is 1. The minimum atomic E-state index is -4.21. The average molecular weight is 382 g/mol. The molecule has 0 spiro atoms. The maximum atomic E-state index is 11.8. The van der Waals surface area contributed by atoms with E-state index in [-0.39, 0.29) is 23.2 Å². The molecule has 0 saturated heterocycles. The SMILES string of the molecule is C[C@H]1C[C@H]1NC(=O)c1cc(=O)[nH]c(N(C)C)n1.FC(F)(F)c1ccccc1. The summed E-state index contributed by atoms with van der Waals surface area (Å²) in [5, 5.41) is 2.84. The van der Waals surface area contributed by atoms with E-state index in [2.05, 4.69) is 22.2 Å². The van der Waals surface area contributed by atoms with E-state index in [0.29, 0.717) is 11.9 Å². The Labute approximate surface area is 154 Å². The fraction of sp³-hybridized carbons (Fsp3) is 0.389. The summed E-state index contributed by atoms with van der Waals surface area (Å²) in [6.45, 7) is 2.07. The van der Waals surface area contributed by atoms with Gasteiger partial charge >= 0.3 is 6.18 Å². The second kappa shape index (κ2) is 8.24. The third kappa shape index (κ3) is 6.12. The van der Waals surface area contributed by atoms with Crippen molar-refractivity contribution in [2.24, 2.45) is 5.92 Å². The molecule has 1 aromatic carbocycles. The number of H-pyrrole nitrogens is 1. The molecule has 1 heterocycles. The van der Waals surface area contributed by atoms with Crippen LogP contribution in [-0.4, -0.2) is 36.0 Å². The first kappa shape index (κ1) is 20.5. The van der Waals surface area contributed by atoms with Gasteiger partial charge in [-0.1, -0.05) is 37.3 Å². The van der Waals surface area contributed by atoms with E-state index in [1.54, 1.807) is 25.1 Å². The van der Waals surface area contributed by atoms with Gasteiger partial charge in [-0.05, 0) is 12.3 Å². The largest absolute Gasteiger partial charge is 0.416 e. The summed E-state index contributed by atoms with van der Waals surface area (Å²) in [5.41, 5.74) is -0.760. The number of anilines is 1. The normalized spacial score (nSPS) is 18.1. The predicted octanol–water partition coefficient (Wildman–Crippen LogP) is 2.68. The van der Waals surface area contributed by atoms with E-state index < -0.39 is 11.7 Å². The number of aromatic amines is 1. The molecule has 1 fully saturated rings. The van der Waals surface area contributed by atoms with Crippen LogP contribution in [0, 0.1) is 5.92 Å². The highest BCUT2D eigenvalue weighted by atomic mass is 19.4. The molecule has 1 aromatic heterocycles. The lowest BCUT2D eigenvalue weighted by Crippen LogP contribution is -2.30. The first-order valence-electron chi connectivity index (χ1n) is 8.29. The van der Waals surface area contributed by atoms with Gasteiger partial charge in [-0.15, -0.1) is 0 Å². The van der Waals surface area contributed by atoms with Crippen molar-refractivity contribution in [3.8, 4) is 0 Å². The molecule has 1 aliphatic rings. The van der Waals surface area contributed by atoms with Crippen molar-refractivity contribution >= 4 is 11.9 Å². The summed E-state index contributed by atoms with van der Waals surface area (Å²) in [6.07, 6.45) is -3.21. The Hall–Kier alpha value is -2.84. The van der Waals surface area contributed by atoms with E-state index >= 15 is 0 Å². The van der Waals surface area contributed by atoms with Gasteiger partial charge < -0.3 is 10.2 Å².